The van der Waals surface area contributed by atoms with E-state index in [1.54, 1.807) is 6.92 Å². The van der Waals surface area contributed by atoms with Crippen LogP contribution in [0, 0.1) is 0 Å². The SMILES string of the molecule is CCOC=C(CCCS(=O)(=O)O)C(=O)O. The van der Waals surface area contributed by atoms with Gasteiger partial charge in [0.25, 0.3) is 10.1 Å². The first-order chi connectivity index (χ1) is 6.87. The van der Waals surface area contributed by atoms with Gasteiger partial charge in [-0.1, -0.05) is 0 Å². The second-order valence-corrected chi connectivity index (χ2v) is 4.37. The minimum absolute atomic E-state index is 0.0134. The number of hydrogen-bond acceptors (Lipinski definition) is 4. The summed E-state index contributed by atoms with van der Waals surface area (Å²) in [5.41, 5.74) is -0.0134. The molecule has 0 aromatic carbocycles. The summed E-state index contributed by atoms with van der Waals surface area (Å²) in [6.45, 7) is 2.04. The summed E-state index contributed by atoms with van der Waals surface area (Å²) in [5.74, 6) is -1.61. The number of carbonyl (C=O) groups is 1. The fourth-order valence-electron chi connectivity index (χ4n) is 0.845. The highest BCUT2D eigenvalue weighted by Crippen LogP contribution is 2.07. The summed E-state index contributed by atoms with van der Waals surface area (Å²) in [5, 5.41) is 8.67. The first kappa shape index (κ1) is 13.9. The van der Waals surface area contributed by atoms with Crippen LogP contribution in [0.15, 0.2) is 11.8 Å². The molecular weight excluding hydrogens is 224 g/mol. The molecule has 88 valence electrons. The molecule has 6 nitrogen and oxygen atoms in total. The molecule has 0 aromatic rings. The van der Waals surface area contributed by atoms with E-state index in [-0.39, 0.29) is 18.4 Å². The molecule has 0 aliphatic rings. The van der Waals surface area contributed by atoms with Crippen LogP contribution in [0.5, 0.6) is 0 Å². The lowest BCUT2D eigenvalue weighted by molar-refractivity contribution is -0.133. The predicted octanol–water partition coefficient (Wildman–Crippen LogP) is 0.659. The van der Waals surface area contributed by atoms with Crippen LogP contribution >= 0.6 is 0 Å². The molecule has 0 heterocycles. The van der Waals surface area contributed by atoms with Gasteiger partial charge in [-0.15, -0.1) is 0 Å². The van der Waals surface area contributed by atoms with Crippen molar-refractivity contribution in [3.8, 4) is 0 Å². The van der Waals surface area contributed by atoms with Crippen molar-refractivity contribution < 1.29 is 27.6 Å². The lowest BCUT2D eigenvalue weighted by atomic mass is 10.2. The number of ether oxygens (including phenoxy) is 1. The molecular formula is C8H14O6S. The first-order valence-corrected chi connectivity index (χ1v) is 5.97. The lowest BCUT2D eigenvalue weighted by Crippen LogP contribution is -2.07. The second kappa shape index (κ2) is 6.41. The maximum Gasteiger partial charge on any atom is 0.334 e. The topological polar surface area (TPSA) is 101 Å². The zero-order valence-electron chi connectivity index (χ0n) is 8.34. The Balaban J connectivity index is 4.15. The van der Waals surface area contributed by atoms with Crippen molar-refractivity contribution in [3.05, 3.63) is 11.8 Å². The Bertz CT molecular complexity index is 329. The third-order valence-corrected chi connectivity index (χ3v) is 2.32. The maximum absolute atomic E-state index is 10.6. The Morgan fingerprint density at radius 1 is 1.47 bits per heavy atom. The Morgan fingerprint density at radius 3 is 2.47 bits per heavy atom. The normalized spacial score (nSPS) is 12.5. The minimum atomic E-state index is -4.03. The predicted molar refractivity (Wildman–Crippen MR) is 53.0 cm³/mol. The van der Waals surface area contributed by atoms with Gasteiger partial charge in [0.2, 0.25) is 0 Å². The smallest absolute Gasteiger partial charge is 0.334 e. The van der Waals surface area contributed by atoms with Crippen molar-refractivity contribution in [1.29, 1.82) is 0 Å². The molecule has 0 aliphatic heterocycles. The largest absolute Gasteiger partial charge is 0.501 e. The quantitative estimate of drug-likeness (QED) is 0.384. The zero-order valence-corrected chi connectivity index (χ0v) is 9.16. The highest BCUT2D eigenvalue weighted by molar-refractivity contribution is 7.85. The molecule has 2 N–H and O–H groups in total. The summed E-state index contributed by atoms with van der Waals surface area (Å²) >= 11 is 0. The van der Waals surface area contributed by atoms with Crippen LogP contribution in [0.4, 0.5) is 0 Å². The van der Waals surface area contributed by atoms with E-state index in [2.05, 4.69) is 0 Å². The lowest BCUT2D eigenvalue weighted by Gasteiger charge is -2.02. The van der Waals surface area contributed by atoms with E-state index in [1.807, 2.05) is 0 Å². The molecule has 0 amide bonds. The first-order valence-electron chi connectivity index (χ1n) is 4.36. The third-order valence-electron chi connectivity index (χ3n) is 1.52. The minimum Gasteiger partial charge on any atom is -0.501 e. The molecule has 0 fully saturated rings. The summed E-state index contributed by atoms with van der Waals surface area (Å²) in [6, 6.07) is 0. The summed E-state index contributed by atoms with van der Waals surface area (Å²) in [4.78, 5) is 10.6. The van der Waals surface area contributed by atoms with Gasteiger partial charge in [-0.3, -0.25) is 4.55 Å². The van der Waals surface area contributed by atoms with Crippen molar-refractivity contribution >= 4 is 16.1 Å². The molecule has 7 heteroatoms. The Hall–Kier alpha value is -1.08. The summed E-state index contributed by atoms with van der Waals surface area (Å²) in [6.07, 6.45) is 1.17. The van der Waals surface area contributed by atoms with E-state index in [0.717, 1.165) is 6.26 Å². The molecule has 0 rings (SSSR count). The molecule has 0 saturated carbocycles. The van der Waals surface area contributed by atoms with Crippen molar-refractivity contribution in [2.24, 2.45) is 0 Å². The molecule has 0 spiro atoms. The van der Waals surface area contributed by atoms with Crippen molar-refractivity contribution in [2.75, 3.05) is 12.4 Å². The highest BCUT2D eigenvalue weighted by Gasteiger charge is 2.10. The van der Waals surface area contributed by atoms with E-state index in [0.29, 0.717) is 6.61 Å². The zero-order chi connectivity index (χ0) is 11.9. The summed E-state index contributed by atoms with van der Waals surface area (Å²) in [7, 11) is -4.03. The van der Waals surface area contributed by atoms with Gasteiger partial charge in [-0.25, -0.2) is 4.79 Å². The number of rotatable bonds is 7. The van der Waals surface area contributed by atoms with Gasteiger partial charge >= 0.3 is 5.97 Å². The maximum atomic E-state index is 10.6. The second-order valence-electron chi connectivity index (χ2n) is 2.79. The van der Waals surface area contributed by atoms with Crippen molar-refractivity contribution in [1.82, 2.24) is 0 Å². The average Bonchev–Trinajstić information content (AvgIpc) is 2.08. The van der Waals surface area contributed by atoms with E-state index in [9.17, 15) is 13.2 Å². The van der Waals surface area contributed by atoms with Crippen LogP contribution in [0.3, 0.4) is 0 Å². The molecule has 0 aliphatic carbocycles. The molecule has 0 bridgehead atoms. The number of hydrogen-bond donors (Lipinski definition) is 2. The van der Waals surface area contributed by atoms with Gasteiger partial charge < -0.3 is 9.84 Å². The van der Waals surface area contributed by atoms with Crippen LogP contribution in [-0.4, -0.2) is 36.4 Å². The fourth-order valence-corrected chi connectivity index (χ4v) is 1.35. The third kappa shape index (κ3) is 7.95. The monoisotopic (exact) mass is 238 g/mol. The summed E-state index contributed by atoms with van der Waals surface area (Å²) < 4.78 is 33.9. The van der Waals surface area contributed by atoms with Gasteiger partial charge in [0, 0.05) is 0 Å². The van der Waals surface area contributed by atoms with E-state index in [4.69, 9.17) is 14.4 Å². The number of carboxylic acid groups (broad SMARTS) is 1. The Labute approximate surface area is 88.3 Å². The molecule has 15 heavy (non-hydrogen) atoms. The number of carboxylic acids is 1. The van der Waals surface area contributed by atoms with Crippen LogP contribution in [0.2, 0.25) is 0 Å². The molecule has 0 saturated heterocycles. The van der Waals surface area contributed by atoms with Gasteiger partial charge in [0.15, 0.2) is 0 Å². The van der Waals surface area contributed by atoms with Gasteiger partial charge in [0.05, 0.1) is 24.2 Å². The van der Waals surface area contributed by atoms with E-state index in [1.165, 1.54) is 0 Å². The van der Waals surface area contributed by atoms with Crippen molar-refractivity contribution in [2.45, 2.75) is 19.8 Å². The average molecular weight is 238 g/mol. The number of aliphatic carboxylic acids is 1. The Kier molecular flexibility index (Phi) is 5.95. The standard InChI is InChI=1S/C8H14O6S/c1-2-14-6-7(8(9)10)4-3-5-15(11,12)13/h6H,2-5H2,1H3,(H,9,10)(H,11,12,13). The highest BCUT2D eigenvalue weighted by atomic mass is 32.2. The van der Waals surface area contributed by atoms with Crippen molar-refractivity contribution in [3.63, 3.8) is 0 Å². The fraction of sp³-hybridized carbons (Fsp3) is 0.625. The van der Waals surface area contributed by atoms with Crippen LogP contribution < -0.4 is 0 Å². The van der Waals surface area contributed by atoms with Crippen LogP contribution in [0.25, 0.3) is 0 Å². The van der Waals surface area contributed by atoms with E-state index >= 15 is 0 Å². The molecule has 0 unspecified atom stereocenters. The van der Waals surface area contributed by atoms with Crippen LogP contribution in [-0.2, 0) is 19.6 Å². The molecule has 0 atom stereocenters. The Morgan fingerprint density at radius 2 is 2.07 bits per heavy atom. The van der Waals surface area contributed by atoms with Gasteiger partial charge in [-0.2, -0.15) is 8.42 Å². The van der Waals surface area contributed by atoms with E-state index < -0.39 is 21.8 Å². The molecule has 0 aromatic heterocycles. The van der Waals surface area contributed by atoms with Gasteiger partial charge in [0.1, 0.15) is 0 Å². The van der Waals surface area contributed by atoms with Gasteiger partial charge in [-0.05, 0) is 19.8 Å². The van der Waals surface area contributed by atoms with Crippen LogP contribution in [0.1, 0.15) is 19.8 Å². The molecule has 0 radical (unpaired) electrons.